The maximum atomic E-state index is 12.2. The van der Waals surface area contributed by atoms with Crippen LogP contribution in [-0.2, 0) is 9.59 Å². The summed E-state index contributed by atoms with van der Waals surface area (Å²) < 4.78 is 0. The molecular formula is C24H41NO3. The van der Waals surface area contributed by atoms with Crippen molar-refractivity contribution in [3.63, 3.8) is 0 Å². The Morgan fingerprint density at radius 3 is 2.64 bits per heavy atom. The predicted molar refractivity (Wildman–Crippen MR) is 114 cm³/mol. The van der Waals surface area contributed by atoms with Gasteiger partial charge in [-0.1, -0.05) is 57.6 Å². The summed E-state index contributed by atoms with van der Waals surface area (Å²) in [5.74, 6) is 1.18. The molecule has 1 saturated heterocycles. The first-order chi connectivity index (χ1) is 13.6. The Balaban J connectivity index is 1.60. The van der Waals surface area contributed by atoms with Crippen molar-refractivity contribution in [3.8, 4) is 0 Å². The lowest BCUT2D eigenvalue weighted by Gasteiger charge is -2.16. The lowest BCUT2D eigenvalue weighted by molar-refractivity contribution is -0.130. The zero-order valence-electron chi connectivity index (χ0n) is 17.9. The standard InChI is InChI=1S/C24H41NO3/c1-2-3-6-11-21(26)16-14-20-15-17-23(27)22(20)12-7-4-5-8-13-24(28)25-18-9-10-19-25/h14,16,20-22,26H,2-13,15,17-19H2,1H3. The van der Waals surface area contributed by atoms with Gasteiger partial charge in [0.15, 0.2) is 0 Å². The van der Waals surface area contributed by atoms with Crippen LogP contribution < -0.4 is 0 Å². The van der Waals surface area contributed by atoms with E-state index in [4.69, 9.17) is 0 Å². The van der Waals surface area contributed by atoms with E-state index in [0.717, 1.165) is 77.3 Å². The van der Waals surface area contributed by atoms with Crippen LogP contribution in [0.3, 0.4) is 0 Å². The number of amides is 1. The van der Waals surface area contributed by atoms with Crippen LogP contribution in [0.25, 0.3) is 0 Å². The highest BCUT2D eigenvalue weighted by atomic mass is 16.3. The van der Waals surface area contributed by atoms with Gasteiger partial charge < -0.3 is 10.0 Å². The van der Waals surface area contributed by atoms with Crippen LogP contribution in [0.2, 0.25) is 0 Å². The highest BCUT2D eigenvalue weighted by Gasteiger charge is 2.32. The topological polar surface area (TPSA) is 57.6 Å². The molecule has 0 bridgehead atoms. The number of allylic oxidation sites excluding steroid dienone is 1. The van der Waals surface area contributed by atoms with E-state index in [0.29, 0.717) is 30.4 Å². The highest BCUT2D eigenvalue weighted by Crippen LogP contribution is 2.34. The van der Waals surface area contributed by atoms with Crippen molar-refractivity contribution in [1.29, 1.82) is 0 Å². The Morgan fingerprint density at radius 1 is 1.14 bits per heavy atom. The van der Waals surface area contributed by atoms with E-state index in [1.165, 1.54) is 12.8 Å². The van der Waals surface area contributed by atoms with Gasteiger partial charge in [-0.05, 0) is 44.4 Å². The Morgan fingerprint density at radius 2 is 1.89 bits per heavy atom. The molecule has 28 heavy (non-hydrogen) atoms. The molecule has 0 aromatic rings. The number of unbranched alkanes of at least 4 members (excludes halogenated alkanes) is 5. The molecule has 2 rings (SSSR count). The number of ketones is 1. The number of rotatable bonds is 13. The maximum Gasteiger partial charge on any atom is 0.222 e. The minimum absolute atomic E-state index is 0.144. The second-order valence-electron chi connectivity index (χ2n) is 8.76. The monoisotopic (exact) mass is 391 g/mol. The summed E-state index contributed by atoms with van der Waals surface area (Å²) in [5, 5.41) is 10.1. The number of hydrogen-bond acceptors (Lipinski definition) is 3. The lowest BCUT2D eigenvalue weighted by Crippen LogP contribution is -2.27. The van der Waals surface area contributed by atoms with Crippen LogP contribution in [-0.4, -0.2) is 40.9 Å². The molecule has 2 aliphatic rings. The number of hydrogen-bond donors (Lipinski definition) is 1. The molecule has 1 heterocycles. The lowest BCUT2D eigenvalue weighted by atomic mass is 9.89. The third-order valence-corrected chi connectivity index (χ3v) is 6.45. The van der Waals surface area contributed by atoms with Gasteiger partial charge in [-0.2, -0.15) is 0 Å². The molecule has 1 aliphatic carbocycles. The highest BCUT2D eigenvalue weighted by molar-refractivity contribution is 5.83. The first-order valence-corrected chi connectivity index (χ1v) is 11.8. The van der Waals surface area contributed by atoms with Crippen LogP contribution >= 0.6 is 0 Å². The Kier molecular flexibility index (Phi) is 10.8. The van der Waals surface area contributed by atoms with Gasteiger partial charge >= 0.3 is 0 Å². The number of carbonyl (C=O) groups is 2. The molecule has 160 valence electrons. The molecular weight excluding hydrogens is 350 g/mol. The second-order valence-corrected chi connectivity index (χ2v) is 8.76. The van der Waals surface area contributed by atoms with Gasteiger partial charge in [0.05, 0.1) is 6.10 Å². The number of likely N-dealkylation sites (tertiary alicyclic amines) is 1. The SMILES string of the molecule is CCCCCC(O)C=CC1CCC(=O)C1CCCCCCC(=O)N1CCCC1. The quantitative estimate of drug-likeness (QED) is 0.353. The predicted octanol–water partition coefficient (Wildman–Crippen LogP) is 5.04. The van der Waals surface area contributed by atoms with Gasteiger partial charge in [0.1, 0.15) is 5.78 Å². The first kappa shape index (κ1) is 23.1. The molecule has 4 heteroatoms. The molecule has 0 spiro atoms. The van der Waals surface area contributed by atoms with Crippen LogP contribution in [0.4, 0.5) is 0 Å². The maximum absolute atomic E-state index is 12.2. The molecule has 4 nitrogen and oxygen atoms in total. The zero-order chi connectivity index (χ0) is 20.2. The smallest absolute Gasteiger partial charge is 0.222 e. The van der Waals surface area contributed by atoms with Gasteiger partial charge in [-0.15, -0.1) is 0 Å². The number of nitrogens with zero attached hydrogens (tertiary/aromatic N) is 1. The molecule has 1 N–H and O–H groups in total. The average Bonchev–Trinajstić information content (AvgIpc) is 3.33. The fourth-order valence-electron chi connectivity index (χ4n) is 4.63. The van der Waals surface area contributed by atoms with Crippen molar-refractivity contribution in [3.05, 3.63) is 12.2 Å². The first-order valence-electron chi connectivity index (χ1n) is 11.8. The molecule has 1 saturated carbocycles. The zero-order valence-corrected chi connectivity index (χ0v) is 17.9. The molecule has 1 aliphatic heterocycles. The van der Waals surface area contributed by atoms with E-state index in [9.17, 15) is 14.7 Å². The molecule has 3 unspecified atom stereocenters. The molecule has 0 aromatic heterocycles. The minimum atomic E-state index is -0.365. The summed E-state index contributed by atoms with van der Waals surface area (Å²) in [6.07, 6.45) is 17.7. The Labute approximate surface area is 171 Å². The van der Waals surface area contributed by atoms with Crippen molar-refractivity contribution in [2.24, 2.45) is 11.8 Å². The third-order valence-electron chi connectivity index (χ3n) is 6.45. The molecule has 1 amide bonds. The van der Waals surface area contributed by atoms with Gasteiger partial charge in [-0.3, -0.25) is 9.59 Å². The Hall–Kier alpha value is -1.16. The molecule has 0 radical (unpaired) electrons. The van der Waals surface area contributed by atoms with Gasteiger partial charge in [0.25, 0.3) is 0 Å². The molecule has 0 aromatic carbocycles. The Bertz CT molecular complexity index is 496. The number of Topliss-reactive ketones (excluding diaryl/α,β-unsaturated/α-hetero) is 1. The largest absolute Gasteiger partial charge is 0.389 e. The van der Waals surface area contributed by atoms with Gasteiger partial charge in [0.2, 0.25) is 5.91 Å². The van der Waals surface area contributed by atoms with Crippen molar-refractivity contribution < 1.29 is 14.7 Å². The van der Waals surface area contributed by atoms with E-state index in [2.05, 4.69) is 13.0 Å². The van der Waals surface area contributed by atoms with E-state index in [1.807, 2.05) is 11.0 Å². The molecule has 2 fully saturated rings. The van der Waals surface area contributed by atoms with Crippen molar-refractivity contribution >= 4 is 11.7 Å². The summed E-state index contributed by atoms with van der Waals surface area (Å²) in [7, 11) is 0. The van der Waals surface area contributed by atoms with Crippen molar-refractivity contribution in [1.82, 2.24) is 4.90 Å². The van der Waals surface area contributed by atoms with E-state index < -0.39 is 0 Å². The number of aliphatic hydroxyl groups excluding tert-OH is 1. The number of carbonyl (C=O) groups excluding carboxylic acids is 2. The summed E-state index contributed by atoms with van der Waals surface area (Å²) in [5.41, 5.74) is 0. The van der Waals surface area contributed by atoms with Crippen molar-refractivity contribution in [2.75, 3.05) is 13.1 Å². The van der Waals surface area contributed by atoms with Crippen molar-refractivity contribution in [2.45, 2.75) is 103 Å². The van der Waals surface area contributed by atoms with E-state index in [-0.39, 0.29) is 12.0 Å². The number of aliphatic hydroxyl groups is 1. The summed E-state index contributed by atoms with van der Waals surface area (Å²) in [6.45, 7) is 4.07. The van der Waals surface area contributed by atoms with Crippen LogP contribution in [0.5, 0.6) is 0 Å². The fourth-order valence-corrected chi connectivity index (χ4v) is 4.63. The second kappa shape index (κ2) is 13.1. The van der Waals surface area contributed by atoms with E-state index >= 15 is 0 Å². The summed E-state index contributed by atoms with van der Waals surface area (Å²) >= 11 is 0. The third kappa shape index (κ3) is 8.06. The fraction of sp³-hybridized carbons (Fsp3) is 0.833. The normalized spacial score (nSPS) is 23.8. The van der Waals surface area contributed by atoms with Crippen LogP contribution in [0, 0.1) is 11.8 Å². The average molecular weight is 392 g/mol. The molecule has 3 atom stereocenters. The van der Waals surface area contributed by atoms with Gasteiger partial charge in [0, 0.05) is 31.8 Å². The van der Waals surface area contributed by atoms with Crippen LogP contribution in [0.15, 0.2) is 12.2 Å². The summed E-state index contributed by atoms with van der Waals surface area (Å²) in [6, 6.07) is 0. The van der Waals surface area contributed by atoms with Crippen LogP contribution in [0.1, 0.15) is 96.8 Å². The van der Waals surface area contributed by atoms with E-state index in [1.54, 1.807) is 0 Å². The van der Waals surface area contributed by atoms with Gasteiger partial charge in [-0.25, -0.2) is 0 Å². The summed E-state index contributed by atoms with van der Waals surface area (Å²) in [4.78, 5) is 26.3. The minimum Gasteiger partial charge on any atom is -0.389 e.